The van der Waals surface area contributed by atoms with Crippen molar-refractivity contribution in [3.8, 4) is 5.75 Å². The lowest BCUT2D eigenvalue weighted by Crippen LogP contribution is -2.48. The Bertz CT molecular complexity index is 492. The van der Waals surface area contributed by atoms with Gasteiger partial charge in [0.15, 0.2) is 5.11 Å². The lowest BCUT2D eigenvalue weighted by atomic mass is 10.0. The number of benzene rings is 1. The molecule has 0 saturated carbocycles. The molecule has 0 amide bonds. The highest BCUT2D eigenvalue weighted by Crippen LogP contribution is 2.19. The number of ether oxygens (including phenoxy) is 1. The molecule has 128 valence electrons. The molecular weight excluding hydrogens is 306 g/mol. The van der Waals surface area contributed by atoms with Gasteiger partial charge in [0.2, 0.25) is 0 Å². The second-order valence-electron chi connectivity index (χ2n) is 6.22. The monoisotopic (exact) mass is 335 g/mol. The van der Waals surface area contributed by atoms with Crippen LogP contribution in [0.5, 0.6) is 5.75 Å². The van der Waals surface area contributed by atoms with Crippen molar-refractivity contribution < 1.29 is 4.74 Å². The summed E-state index contributed by atoms with van der Waals surface area (Å²) in [6, 6.07) is 9.03. The molecule has 0 aromatic heterocycles. The Morgan fingerprint density at radius 3 is 2.74 bits per heavy atom. The van der Waals surface area contributed by atoms with E-state index in [1.165, 1.54) is 25.8 Å². The van der Waals surface area contributed by atoms with Gasteiger partial charge in [-0.1, -0.05) is 6.42 Å². The van der Waals surface area contributed by atoms with Gasteiger partial charge in [-0.2, -0.15) is 0 Å². The molecule has 1 aliphatic heterocycles. The van der Waals surface area contributed by atoms with Gasteiger partial charge in [-0.25, -0.2) is 0 Å². The molecule has 2 N–H and O–H groups in total. The molecule has 1 aromatic carbocycles. The maximum absolute atomic E-state index is 5.44. The maximum Gasteiger partial charge on any atom is 0.170 e. The van der Waals surface area contributed by atoms with Crippen LogP contribution in [0.3, 0.4) is 0 Å². The molecule has 4 nitrogen and oxygen atoms in total. The van der Waals surface area contributed by atoms with Crippen LogP contribution in [-0.4, -0.2) is 41.8 Å². The van der Waals surface area contributed by atoms with Crippen molar-refractivity contribution in [2.75, 3.05) is 25.0 Å². The summed E-state index contributed by atoms with van der Waals surface area (Å²) in [5.74, 6) is 0.879. The van der Waals surface area contributed by atoms with Crippen molar-refractivity contribution in [1.82, 2.24) is 10.2 Å². The summed E-state index contributed by atoms with van der Waals surface area (Å²) in [7, 11) is 0. The van der Waals surface area contributed by atoms with Crippen LogP contribution < -0.4 is 15.4 Å². The van der Waals surface area contributed by atoms with E-state index < -0.39 is 0 Å². The first-order valence-electron chi connectivity index (χ1n) is 8.63. The van der Waals surface area contributed by atoms with Crippen LogP contribution >= 0.6 is 12.2 Å². The molecule has 0 aliphatic carbocycles. The van der Waals surface area contributed by atoms with Gasteiger partial charge in [-0.15, -0.1) is 0 Å². The van der Waals surface area contributed by atoms with Crippen molar-refractivity contribution in [3.05, 3.63) is 24.3 Å². The molecule has 0 spiro atoms. The summed E-state index contributed by atoms with van der Waals surface area (Å²) in [5.41, 5.74) is 0.977. The predicted octanol–water partition coefficient (Wildman–Crippen LogP) is 3.63. The van der Waals surface area contributed by atoms with Crippen molar-refractivity contribution in [1.29, 1.82) is 0 Å². The minimum absolute atomic E-state index is 0.491. The SMILES string of the molecule is CCOc1ccc(NC(=S)NC[C@@H](C)N2CCCC[C@@H]2C)cc1. The van der Waals surface area contributed by atoms with Crippen LogP contribution in [0.25, 0.3) is 0 Å². The zero-order valence-electron chi connectivity index (χ0n) is 14.5. The summed E-state index contributed by atoms with van der Waals surface area (Å²) in [4.78, 5) is 2.58. The highest BCUT2D eigenvalue weighted by Gasteiger charge is 2.22. The van der Waals surface area contributed by atoms with E-state index in [4.69, 9.17) is 17.0 Å². The van der Waals surface area contributed by atoms with Crippen molar-refractivity contribution >= 4 is 23.0 Å². The van der Waals surface area contributed by atoms with E-state index >= 15 is 0 Å². The maximum atomic E-state index is 5.44. The van der Waals surface area contributed by atoms with Gasteiger partial charge in [-0.05, 0) is 76.6 Å². The molecule has 2 atom stereocenters. The third kappa shape index (κ3) is 5.66. The van der Waals surface area contributed by atoms with Crippen molar-refractivity contribution in [2.24, 2.45) is 0 Å². The van der Waals surface area contributed by atoms with E-state index in [1.54, 1.807) is 0 Å². The minimum atomic E-state index is 0.491. The van der Waals surface area contributed by atoms with E-state index in [-0.39, 0.29) is 0 Å². The zero-order chi connectivity index (χ0) is 16.7. The van der Waals surface area contributed by atoms with Gasteiger partial charge < -0.3 is 15.4 Å². The second-order valence-corrected chi connectivity index (χ2v) is 6.63. The standard InChI is InChI=1S/C18H29N3OS/c1-4-22-17-10-8-16(9-11-17)20-18(23)19-13-15(3)21-12-6-5-7-14(21)2/h8-11,14-15H,4-7,12-13H2,1-3H3,(H2,19,20,23)/t14-,15+/m0/s1. The van der Waals surface area contributed by atoms with Crippen LogP contribution in [-0.2, 0) is 0 Å². The van der Waals surface area contributed by atoms with Gasteiger partial charge in [-0.3, -0.25) is 4.90 Å². The molecule has 0 unspecified atom stereocenters. The number of rotatable bonds is 6. The lowest BCUT2D eigenvalue weighted by molar-refractivity contribution is 0.116. The molecule has 5 heteroatoms. The summed E-state index contributed by atoms with van der Waals surface area (Å²) in [5, 5.41) is 7.23. The topological polar surface area (TPSA) is 36.5 Å². The van der Waals surface area contributed by atoms with Crippen LogP contribution in [0.2, 0.25) is 0 Å². The molecule has 2 rings (SSSR count). The Labute approximate surface area is 145 Å². The average molecular weight is 336 g/mol. The molecule has 23 heavy (non-hydrogen) atoms. The Hall–Kier alpha value is -1.33. The number of hydrogen-bond donors (Lipinski definition) is 2. The fourth-order valence-corrected chi connectivity index (χ4v) is 3.31. The summed E-state index contributed by atoms with van der Waals surface area (Å²) in [6.07, 6.45) is 3.97. The number of likely N-dealkylation sites (tertiary alicyclic amines) is 1. The Morgan fingerprint density at radius 1 is 1.35 bits per heavy atom. The third-order valence-electron chi connectivity index (χ3n) is 4.40. The van der Waals surface area contributed by atoms with Crippen LogP contribution in [0.15, 0.2) is 24.3 Å². The molecule has 1 aliphatic rings. The molecular formula is C18H29N3OS. The second kappa shape index (κ2) is 9.08. The number of hydrogen-bond acceptors (Lipinski definition) is 3. The summed E-state index contributed by atoms with van der Waals surface area (Å²) >= 11 is 5.40. The Morgan fingerprint density at radius 2 is 2.09 bits per heavy atom. The number of nitrogens with zero attached hydrogens (tertiary/aromatic N) is 1. The molecule has 0 bridgehead atoms. The smallest absolute Gasteiger partial charge is 0.170 e. The van der Waals surface area contributed by atoms with Gasteiger partial charge in [0, 0.05) is 24.3 Å². The van der Waals surface area contributed by atoms with Gasteiger partial charge in [0.05, 0.1) is 6.61 Å². The largest absolute Gasteiger partial charge is 0.494 e. The van der Waals surface area contributed by atoms with Gasteiger partial charge in [0.1, 0.15) is 5.75 Å². The molecule has 1 saturated heterocycles. The average Bonchev–Trinajstić information content (AvgIpc) is 2.55. The van der Waals surface area contributed by atoms with E-state index in [0.29, 0.717) is 23.8 Å². The first-order chi connectivity index (χ1) is 11.1. The Balaban J connectivity index is 1.75. The minimum Gasteiger partial charge on any atom is -0.494 e. The zero-order valence-corrected chi connectivity index (χ0v) is 15.3. The van der Waals surface area contributed by atoms with Gasteiger partial charge >= 0.3 is 0 Å². The molecule has 1 fully saturated rings. The normalized spacial score (nSPS) is 19.9. The highest BCUT2D eigenvalue weighted by molar-refractivity contribution is 7.80. The summed E-state index contributed by atoms with van der Waals surface area (Å²) < 4.78 is 5.44. The van der Waals surface area contributed by atoms with Gasteiger partial charge in [0.25, 0.3) is 0 Å². The first-order valence-corrected chi connectivity index (χ1v) is 9.04. The Kier molecular flexibility index (Phi) is 7.12. The van der Waals surface area contributed by atoms with Crippen molar-refractivity contribution in [3.63, 3.8) is 0 Å². The van der Waals surface area contributed by atoms with E-state index in [1.807, 2.05) is 31.2 Å². The fraction of sp³-hybridized carbons (Fsp3) is 0.611. The van der Waals surface area contributed by atoms with Crippen LogP contribution in [0.4, 0.5) is 5.69 Å². The van der Waals surface area contributed by atoms with Crippen LogP contribution in [0, 0.1) is 0 Å². The van der Waals surface area contributed by atoms with E-state index in [9.17, 15) is 0 Å². The quantitative estimate of drug-likeness (QED) is 0.776. The highest BCUT2D eigenvalue weighted by atomic mass is 32.1. The van der Waals surface area contributed by atoms with E-state index in [2.05, 4.69) is 29.4 Å². The van der Waals surface area contributed by atoms with E-state index in [0.717, 1.165) is 18.0 Å². The van der Waals surface area contributed by atoms with Crippen molar-refractivity contribution in [2.45, 2.75) is 52.1 Å². The first kappa shape index (κ1) is 18.0. The molecule has 0 radical (unpaired) electrons. The number of anilines is 1. The molecule has 1 heterocycles. The van der Waals surface area contributed by atoms with Crippen LogP contribution in [0.1, 0.15) is 40.0 Å². The third-order valence-corrected chi connectivity index (χ3v) is 4.65. The number of thiocarbonyl (C=S) groups is 1. The number of piperidine rings is 1. The number of nitrogens with one attached hydrogen (secondary N) is 2. The fourth-order valence-electron chi connectivity index (χ4n) is 3.11. The lowest BCUT2D eigenvalue weighted by Gasteiger charge is -2.38. The predicted molar refractivity (Wildman–Crippen MR) is 101 cm³/mol. The molecule has 1 aromatic rings. The summed E-state index contributed by atoms with van der Waals surface area (Å²) in [6.45, 7) is 9.33.